The highest BCUT2D eigenvalue weighted by Gasteiger charge is 2.24. The normalized spacial score (nSPS) is 13.8. The van der Waals surface area contributed by atoms with E-state index in [0.29, 0.717) is 25.6 Å². The van der Waals surface area contributed by atoms with Crippen molar-refractivity contribution in [3.05, 3.63) is 21.7 Å². The first-order chi connectivity index (χ1) is 8.65. The second-order valence-electron chi connectivity index (χ2n) is 4.65. The fraction of sp³-hybridized carbons (Fsp3) is 0.500. The lowest BCUT2D eigenvalue weighted by Crippen LogP contribution is -2.18. The van der Waals surface area contributed by atoms with Crippen LogP contribution in [0.3, 0.4) is 0 Å². The maximum atomic E-state index is 10.6. The van der Waals surface area contributed by atoms with E-state index >= 15 is 0 Å². The van der Waals surface area contributed by atoms with Gasteiger partial charge in [-0.25, -0.2) is 0 Å². The van der Waals surface area contributed by atoms with Crippen LogP contribution in [0.25, 0.3) is 0 Å². The highest BCUT2D eigenvalue weighted by Crippen LogP contribution is 2.45. The number of hydrogen-bond acceptors (Lipinski definition) is 3. The smallest absolute Gasteiger partial charge is 0.175 e. The zero-order valence-electron chi connectivity index (χ0n) is 10.7. The van der Waals surface area contributed by atoms with Gasteiger partial charge in [0.25, 0.3) is 0 Å². The van der Waals surface area contributed by atoms with Crippen LogP contribution in [0.4, 0.5) is 0 Å². The van der Waals surface area contributed by atoms with Crippen molar-refractivity contribution in [2.75, 3.05) is 13.2 Å². The van der Waals surface area contributed by atoms with Gasteiger partial charge in [-0.05, 0) is 39.9 Å². The summed E-state index contributed by atoms with van der Waals surface area (Å²) < 4.78 is 12.3. The van der Waals surface area contributed by atoms with Crippen LogP contribution in [0.15, 0.2) is 10.5 Å². The summed E-state index contributed by atoms with van der Waals surface area (Å²) >= 11 is 3.51. The fourth-order valence-corrected chi connectivity index (χ4v) is 2.86. The van der Waals surface area contributed by atoms with E-state index in [1.165, 1.54) is 0 Å². The summed E-state index contributed by atoms with van der Waals surface area (Å²) in [4.78, 5) is 10.6. The fourth-order valence-electron chi connectivity index (χ4n) is 2.29. The zero-order chi connectivity index (χ0) is 13.1. The lowest BCUT2D eigenvalue weighted by molar-refractivity contribution is -0.107. The average Bonchev–Trinajstić information content (AvgIpc) is 2.36. The van der Waals surface area contributed by atoms with E-state index in [9.17, 15) is 4.79 Å². The Kier molecular flexibility index (Phi) is 4.27. The van der Waals surface area contributed by atoms with Crippen LogP contribution >= 0.6 is 15.9 Å². The van der Waals surface area contributed by atoms with Crippen LogP contribution in [-0.4, -0.2) is 19.5 Å². The second-order valence-corrected chi connectivity index (χ2v) is 5.50. The molecule has 0 fully saturated rings. The molecule has 0 bridgehead atoms. The molecule has 3 nitrogen and oxygen atoms in total. The van der Waals surface area contributed by atoms with Crippen molar-refractivity contribution < 1.29 is 14.3 Å². The van der Waals surface area contributed by atoms with E-state index < -0.39 is 0 Å². The average molecular weight is 313 g/mol. The first kappa shape index (κ1) is 13.4. The van der Waals surface area contributed by atoms with Crippen LogP contribution in [0.2, 0.25) is 0 Å². The van der Waals surface area contributed by atoms with E-state index in [1.807, 2.05) is 6.07 Å². The number of fused-ring (bicyclic) bond motifs is 1. The molecule has 0 radical (unpaired) electrons. The van der Waals surface area contributed by atoms with Crippen LogP contribution in [0, 0.1) is 0 Å². The first-order valence-electron chi connectivity index (χ1n) is 6.19. The van der Waals surface area contributed by atoms with Crippen LogP contribution < -0.4 is 9.47 Å². The number of halogens is 1. The number of hydrogen-bond donors (Lipinski definition) is 0. The summed E-state index contributed by atoms with van der Waals surface area (Å²) in [7, 11) is 0. The molecule has 0 saturated heterocycles. The minimum atomic E-state index is 0.343. The monoisotopic (exact) mass is 312 g/mol. The summed E-state index contributed by atoms with van der Waals surface area (Å²) in [5.74, 6) is 1.97. The number of carbonyl (C=O) groups is 1. The summed E-state index contributed by atoms with van der Waals surface area (Å²) in [5, 5.41) is 0. The molecule has 1 aliphatic rings. The van der Waals surface area contributed by atoms with Gasteiger partial charge in [-0.1, -0.05) is 13.8 Å². The van der Waals surface area contributed by atoms with Gasteiger partial charge in [-0.15, -0.1) is 0 Å². The topological polar surface area (TPSA) is 35.5 Å². The van der Waals surface area contributed by atoms with E-state index in [0.717, 1.165) is 39.8 Å². The molecule has 1 aromatic carbocycles. The van der Waals surface area contributed by atoms with Crippen LogP contribution in [-0.2, 0) is 11.2 Å². The van der Waals surface area contributed by atoms with E-state index in [-0.39, 0.29) is 0 Å². The molecule has 0 N–H and O–H groups in total. The number of aldehydes is 1. The molecule has 0 unspecified atom stereocenters. The van der Waals surface area contributed by atoms with E-state index in [1.54, 1.807) is 0 Å². The predicted molar refractivity (Wildman–Crippen MR) is 73.6 cm³/mol. The van der Waals surface area contributed by atoms with Crippen molar-refractivity contribution in [2.24, 2.45) is 0 Å². The van der Waals surface area contributed by atoms with Crippen LogP contribution in [0.1, 0.15) is 37.3 Å². The lowest BCUT2D eigenvalue weighted by Gasteiger charge is -2.26. The van der Waals surface area contributed by atoms with Gasteiger partial charge in [-0.2, -0.15) is 0 Å². The van der Waals surface area contributed by atoms with Gasteiger partial charge in [0.2, 0.25) is 0 Å². The van der Waals surface area contributed by atoms with Gasteiger partial charge in [0.15, 0.2) is 11.5 Å². The van der Waals surface area contributed by atoms with Crippen molar-refractivity contribution in [1.29, 1.82) is 0 Å². The largest absolute Gasteiger partial charge is 0.486 e. The number of ether oxygens (including phenoxy) is 2. The Balaban J connectivity index is 2.52. The third-order valence-electron chi connectivity index (χ3n) is 3.00. The molecule has 2 rings (SSSR count). The Hall–Kier alpha value is -1.03. The molecule has 4 heteroatoms. The van der Waals surface area contributed by atoms with Gasteiger partial charge in [-0.3, -0.25) is 0 Å². The van der Waals surface area contributed by atoms with Crippen molar-refractivity contribution in [3.63, 3.8) is 0 Å². The van der Waals surface area contributed by atoms with E-state index in [4.69, 9.17) is 9.47 Å². The third-order valence-corrected chi connectivity index (χ3v) is 3.59. The maximum Gasteiger partial charge on any atom is 0.175 e. The lowest BCUT2D eigenvalue weighted by atomic mass is 9.93. The SMILES string of the molecule is CC(C)c1c(CCC=O)cc(Br)c2c1OCCO2. The van der Waals surface area contributed by atoms with Crippen LogP contribution in [0.5, 0.6) is 11.5 Å². The van der Waals surface area contributed by atoms with Crippen molar-refractivity contribution in [3.8, 4) is 11.5 Å². The third kappa shape index (κ3) is 2.53. The molecular formula is C14H17BrO3. The molecular weight excluding hydrogens is 296 g/mol. The summed E-state index contributed by atoms with van der Waals surface area (Å²) in [5.41, 5.74) is 2.32. The van der Waals surface area contributed by atoms with Gasteiger partial charge < -0.3 is 14.3 Å². The predicted octanol–water partition coefficient (Wildman–Crippen LogP) is 3.48. The molecule has 18 heavy (non-hydrogen) atoms. The molecule has 0 spiro atoms. The standard InChI is InChI=1S/C14H17BrO3/c1-9(2)12-10(4-3-5-16)8-11(15)13-14(12)18-7-6-17-13/h5,8-9H,3-4,6-7H2,1-2H3. The van der Waals surface area contributed by atoms with Gasteiger partial charge in [0.1, 0.15) is 19.5 Å². The Morgan fingerprint density at radius 1 is 1.33 bits per heavy atom. The van der Waals surface area contributed by atoms with Gasteiger partial charge >= 0.3 is 0 Å². The molecule has 1 heterocycles. The maximum absolute atomic E-state index is 10.6. The first-order valence-corrected chi connectivity index (χ1v) is 6.99. The molecule has 1 aromatic rings. The number of rotatable bonds is 4. The van der Waals surface area contributed by atoms with E-state index in [2.05, 4.69) is 29.8 Å². The molecule has 0 amide bonds. The number of benzene rings is 1. The molecule has 0 aromatic heterocycles. The highest BCUT2D eigenvalue weighted by atomic mass is 79.9. The Morgan fingerprint density at radius 3 is 2.61 bits per heavy atom. The quantitative estimate of drug-likeness (QED) is 0.799. The van der Waals surface area contributed by atoms with Gasteiger partial charge in [0.05, 0.1) is 4.47 Å². The second kappa shape index (κ2) is 5.74. The molecule has 0 aliphatic carbocycles. The van der Waals surface area contributed by atoms with Gasteiger partial charge in [0, 0.05) is 12.0 Å². The summed E-state index contributed by atoms with van der Waals surface area (Å²) in [6.07, 6.45) is 2.23. The summed E-state index contributed by atoms with van der Waals surface area (Å²) in [6, 6.07) is 2.05. The molecule has 1 aliphatic heterocycles. The number of carbonyl (C=O) groups excluding carboxylic acids is 1. The number of aryl methyl sites for hydroxylation is 1. The van der Waals surface area contributed by atoms with Crippen molar-refractivity contribution >= 4 is 22.2 Å². The Labute approximate surface area is 116 Å². The zero-order valence-corrected chi connectivity index (χ0v) is 12.2. The Morgan fingerprint density at radius 2 is 2.00 bits per heavy atom. The highest BCUT2D eigenvalue weighted by molar-refractivity contribution is 9.10. The van der Waals surface area contributed by atoms with Crippen molar-refractivity contribution in [2.45, 2.75) is 32.6 Å². The molecule has 98 valence electrons. The Bertz CT molecular complexity index is 455. The minimum Gasteiger partial charge on any atom is -0.486 e. The van der Waals surface area contributed by atoms with Crippen molar-refractivity contribution in [1.82, 2.24) is 0 Å². The minimum absolute atomic E-state index is 0.343. The molecule has 0 saturated carbocycles. The summed E-state index contributed by atoms with van der Waals surface area (Å²) in [6.45, 7) is 5.42. The molecule has 0 atom stereocenters.